The highest BCUT2D eigenvalue weighted by molar-refractivity contribution is 5.78. The number of nitrogens with one attached hydrogen (secondary N) is 1. The van der Waals surface area contributed by atoms with Gasteiger partial charge in [0.2, 0.25) is 5.91 Å². The predicted octanol–water partition coefficient (Wildman–Crippen LogP) is 2.14. The molecule has 1 N–H and O–H groups in total. The van der Waals surface area contributed by atoms with E-state index in [9.17, 15) is 4.79 Å². The first kappa shape index (κ1) is 9.04. The number of allylic oxidation sites excluding steroid dienone is 3. The largest absolute Gasteiger partial charge is 0.326 e. The lowest BCUT2D eigenvalue weighted by Crippen LogP contribution is -2.22. The van der Waals surface area contributed by atoms with Crippen LogP contribution in [0.4, 0.5) is 0 Å². The van der Waals surface area contributed by atoms with Crippen molar-refractivity contribution < 1.29 is 4.79 Å². The van der Waals surface area contributed by atoms with Crippen molar-refractivity contribution in [2.75, 3.05) is 0 Å². The summed E-state index contributed by atoms with van der Waals surface area (Å²) in [5, 5.41) is 2.87. The Bertz CT molecular complexity index is 238. The van der Waals surface area contributed by atoms with E-state index in [1.165, 1.54) is 5.57 Å². The van der Waals surface area contributed by atoms with Crippen LogP contribution in [0.5, 0.6) is 0 Å². The number of amides is 1. The summed E-state index contributed by atoms with van der Waals surface area (Å²) in [5.41, 5.74) is 2.18. The monoisotopic (exact) mass is 165 g/mol. The van der Waals surface area contributed by atoms with Crippen LogP contribution in [0.15, 0.2) is 23.4 Å². The smallest absolute Gasteiger partial charge is 0.224 e. The second kappa shape index (κ2) is 4.10. The Kier molecular flexibility index (Phi) is 3.09. The number of rotatable bonds is 2. The molecular weight excluding hydrogens is 150 g/mol. The van der Waals surface area contributed by atoms with Crippen LogP contribution in [0.2, 0.25) is 0 Å². The predicted molar refractivity (Wildman–Crippen MR) is 49.5 cm³/mol. The minimum Gasteiger partial charge on any atom is -0.326 e. The van der Waals surface area contributed by atoms with Gasteiger partial charge in [0.05, 0.1) is 0 Å². The molecule has 0 aliphatic heterocycles. The van der Waals surface area contributed by atoms with Crippen molar-refractivity contribution in [2.45, 2.75) is 33.1 Å². The molecule has 0 saturated carbocycles. The molecule has 1 aliphatic rings. The van der Waals surface area contributed by atoms with Crippen LogP contribution >= 0.6 is 0 Å². The Morgan fingerprint density at radius 2 is 2.17 bits per heavy atom. The van der Waals surface area contributed by atoms with Crippen LogP contribution < -0.4 is 5.32 Å². The lowest BCUT2D eigenvalue weighted by Gasteiger charge is -2.13. The zero-order valence-corrected chi connectivity index (χ0v) is 7.68. The molecule has 0 aromatic heterocycles. The first-order valence-electron chi connectivity index (χ1n) is 4.41. The highest BCUT2D eigenvalue weighted by Gasteiger charge is 2.06. The van der Waals surface area contributed by atoms with Gasteiger partial charge in [-0.05, 0) is 25.3 Å². The summed E-state index contributed by atoms with van der Waals surface area (Å²) in [6, 6.07) is 0. The minimum atomic E-state index is 0.0934. The van der Waals surface area contributed by atoms with Crippen LogP contribution in [0.3, 0.4) is 0 Å². The molecule has 0 radical (unpaired) electrons. The van der Waals surface area contributed by atoms with Gasteiger partial charge in [-0.25, -0.2) is 0 Å². The molecule has 1 rings (SSSR count). The van der Waals surface area contributed by atoms with Gasteiger partial charge in [0, 0.05) is 12.1 Å². The summed E-state index contributed by atoms with van der Waals surface area (Å²) in [6.45, 7) is 3.89. The van der Waals surface area contributed by atoms with Crippen LogP contribution in [0, 0.1) is 0 Å². The van der Waals surface area contributed by atoms with Crippen LogP contribution in [0.25, 0.3) is 0 Å². The molecule has 0 aromatic rings. The zero-order chi connectivity index (χ0) is 8.97. The molecule has 1 amide bonds. The zero-order valence-electron chi connectivity index (χ0n) is 7.68. The summed E-state index contributed by atoms with van der Waals surface area (Å²) in [6.07, 6.45) is 6.92. The van der Waals surface area contributed by atoms with Crippen molar-refractivity contribution >= 4 is 5.91 Å². The third kappa shape index (κ3) is 2.22. The van der Waals surface area contributed by atoms with Crippen LogP contribution in [0.1, 0.15) is 33.1 Å². The Morgan fingerprint density at radius 1 is 1.50 bits per heavy atom. The SMILES string of the molecule is CCC(=O)NC1=CCCC=C1C. The van der Waals surface area contributed by atoms with E-state index >= 15 is 0 Å². The quantitative estimate of drug-likeness (QED) is 0.667. The van der Waals surface area contributed by atoms with Gasteiger partial charge in [-0.1, -0.05) is 19.1 Å². The first-order valence-corrected chi connectivity index (χ1v) is 4.41. The summed E-state index contributed by atoms with van der Waals surface area (Å²) >= 11 is 0. The van der Waals surface area contributed by atoms with E-state index in [1.54, 1.807) is 0 Å². The van der Waals surface area contributed by atoms with Gasteiger partial charge in [0.1, 0.15) is 0 Å². The number of hydrogen-bond donors (Lipinski definition) is 1. The minimum absolute atomic E-state index is 0.0934. The van der Waals surface area contributed by atoms with Gasteiger partial charge in [0.25, 0.3) is 0 Å². The normalized spacial score (nSPS) is 16.5. The maximum absolute atomic E-state index is 11.0. The molecule has 0 heterocycles. The second-order valence-electron chi connectivity index (χ2n) is 2.98. The maximum Gasteiger partial charge on any atom is 0.224 e. The second-order valence-corrected chi connectivity index (χ2v) is 2.98. The van der Waals surface area contributed by atoms with Crippen molar-refractivity contribution in [3.63, 3.8) is 0 Å². The van der Waals surface area contributed by atoms with Gasteiger partial charge in [0.15, 0.2) is 0 Å². The Balaban J connectivity index is 2.57. The van der Waals surface area contributed by atoms with Gasteiger partial charge < -0.3 is 5.32 Å². The highest BCUT2D eigenvalue weighted by Crippen LogP contribution is 2.15. The topological polar surface area (TPSA) is 29.1 Å². The van der Waals surface area contributed by atoms with Crippen molar-refractivity contribution in [3.8, 4) is 0 Å². The molecule has 0 atom stereocenters. The average Bonchev–Trinajstić information content (AvgIpc) is 2.09. The molecule has 1 aliphatic carbocycles. The highest BCUT2D eigenvalue weighted by atomic mass is 16.1. The molecule has 2 heteroatoms. The van der Waals surface area contributed by atoms with Gasteiger partial charge in [-0.15, -0.1) is 0 Å². The first-order chi connectivity index (χ1) is 5.74. The molecule has 0 unspecified atom stereocenters. The van der Waals surface area contributed by atoms with Crippen LogP contribution in [-0.2, 0) is 4.79 Å². The fourth-order valence-corrected chi connectivity index (χ4v) is 1.19. The molecule has 0 bridgehead atoms. The van der Waals surface area contributed by atoms with Crippen molar-refractivity contribution in [1.82, 2.24) is 5.32 Å². The van der Waals surface area contributed by atoms with E-state index in [0.29, 0.717) is 6.42 Å². The lowest BCUT2D eigenvalue weighted by molar-refractivity contribution is -0.120. The Labute approximate surface area is 73.4 Å². The molecular formula is C10H15NO. The third-order valence-corrected chi connectivity index (χ3v) is 1.99. The molecule has 0 spiro atoms. The Hall–Kier alpha value is -1.05. The lowest BCUT2D eigenvalue weighted by atomic mass is 10.1. The number of carbonyl (C=O) groups excluding carboxylic acids is 1. The molecule has 66 valence electrons. The standard InChI is InChI=1S/C10H15NO/c1-3-10(12)11-9-7-5-4-6-8(9)2/h6-7H,3-5H2,1-2H3,(H,11,12). The van der Waals surface area contributed by atoms with E-state index in [1.807, 2.05) is 13.8 Å². The number of hydrogen-bond acceptors (Lipinski definition) is 1. The van der Waals surface area contributed by atoms with E-state index in [4.69, 9.17) is 0 Å². The molecule has 12 heavy (non-hydrogen) atoms. The average molecular weight is 165 g/mol. The third-order valence-electron chi connectivity index (χ3n) is 1.99. The fraction of sp³-hybridized carbons (Fsp3) is 0.500. The number of carbonyl (C=O) groups is 1. The summed E-state index contributed by atoms with van der Waals surface area (Å²) < 4.78 is 0. The summed E-state index contributed by atoms with van der Waals surface area (Å²) in [4.78, 5) is 11.0. The van der Waals surface area contributed by atoms with Crippen molar-refractivity contribution in [3.05, 3.63) is 23.4 Å². The van der Waals surface area contributed by atoms with Gasteiger partial charge in [-0.3, -0.25) is 4.79 Å². The maximum atomic E-state index is 11.0. The molecule has 2 nitrogen and oxygen atoms in total. The molecule has 0 aromatic carbocycles. The fourth-order valence-electron chi connectivity index (χ4n) is 1.19. The Morgan fingerprint density at radius 3 is 2.75 bits per heavy atom. The van der Waals surface area contributed by atoms with Crippen LogP contribution in [-0.4, -0.2) is 5.91 Å². The van der Waals surface area contributed by atoms with Crippen molar-refractivity contribution in [1.29, 1.82) is 0 Å². The van der Waals surface area contributed by atoms with E-state index in [-0.39, 0.29) is 5.91 Å². The molecule has 0 saturated heterocycles. The molecule has 0 fully saturated rings. The van der Waals surface area contributed by atoms with E-state index < -0.39 is 0 Å². The summed E-state index contributed by atoms with van der Waals surface area (Å²) in [7, 11) is 0. The summed E-state index contributed by atoms with van der Waals surface area (Å²) in [5.74, 6) is 0.0934. The van der Waals surface area contributed by atoms with Gasteiger partial charge >= 0.3 is 0 Å². The van der Waals surface area contributed by atoms with Gasteiger partial charge in [-0.2, -0.15) is 0 Å². The van der Waals surface area contributed by atoms with Crippen molar-refractivity contribution in [2.24, 2.45) is 0 Å². The van der Waals surface area contributed by atoms with E-state index in [2.05, 4.69) is 17.5 Å². The van der Waals surface area contributed by atoms with E-state index in [0.717, 1.165) is 18.5 Å².